The molecule has 4 N–H and O–H groups in total. The minimum Gasteiger partial charge on any atom is -0.480 e. The third-order valence-corrected chi connectivity index (χ3v) is 2.58. The fourth-order valence-corrected chi connectivity index (χ4v) is 1.52. The molecule has 0 saturated heterocycles. The predicted molar refractivity (Wildman–Crippen MR) is 66.3 cm³/mol. The lowest BCUT2D eigenvalue weighted by Crippen LogP contribution is -2.42. The average Bonchev–Trinajstić information content (AvgIpc) is 2.24. The molecule has 0 unspecified atom stereocenters. The molecule has 0 aromatic heterocycles. The second kappa shape index (κ2) is 6.36. The zero-order valence-electron chi connectivity index (χ0n) is 9.32. The fourth-order valence-electron chi connectivity index (χ4n) is 1.37. The van der Waals surface area contributed by atoms with Crippen molar-refractivity contribution < 1.29 is 18.7 Å². The van der Waals surface area contributed by atoms with Crippen molar-refractivity contribution in [1.82, 2.24) is 5.32 Å². The Labute approximate surface area is 108 Å². The van der Waals surface area contributed by atoms with Crippen molar-refractivity contribution in [2.24, 2.45) is 5.73 Å². The molecule has 18 heavy (non-hydrogen) atoms. The number of carbonyl (C=O) groups is 1. The van der Waals surface area contributed by atoms with Gasteiger partial charge in [0.2, 0.25) is 0 Å². The highest BCUT2D eigenvalue weighted by Crippen LogP contribution is 2.09. The summed E-state index contributed by atoms with van der Waals surface area (Å²) in [5, 5.41) is 10.9. The van der Waals surface area contributed by atoms with E-state index in [1.54, 1.807) is 0 Å². The van der Waals surface area contributed by atoms with E-state index in [0.29, 0.717) is 5.56 Å². The SMILES string of the molecule is N[C@@H](Cc1cc([19F])cc([19F])c1)C(=S)NCC(=O)O. The van der Waals surface area contributed by atoms with Gasteiger partial charge in [0.15, 0.2) is 0 Å². The largest absolute Gasteiger partial charge is 0.480 e. The van der Waals surface area contributed by atoms with Gasteiger partial charge in [0.1, 0.15) is 18.2 Å². The molecule has 0 aliphatic heterocycles. The number of rotatable bonds is 5. The number of carboxylic acid groups (broad SMARTS) is 1. The monoisotopic (exact) mass is 274 g/mol. The van der Waals surface area contributed by atoms with E-state index in [4.69, 9.17) is 23.1 Å². The molecule has 0 fully saturated rings. The molecule has 0 spiro atoms. The molecule has 1 atom stereocenters. The Balaban J connectivity index is 2.60. The minimum absolute atomic E-state index is 0.125. The van der Waals surface area contributed by atoms with Crippen LogP contribution in [-0.2, 0) is 11.2 Å². The molecule has 7 heteroatoms. The first-order valence-corrected chi connectivity index (χ1v) is 5.49. The number of hydrogen-bond donors (Lipinski definition) is 3. The van der Waals surface area contributed by atoms with E-state index in [2.05, 4.69) is 5.32 Å². The average molecular weight is 274 g/mol. The van der Waals surface area contributed by atoms with Gasteiger partial charge in [-0.25, -0.2) is 8.78 Å². The van der Waals surface area contributed by atoms with Crippen LogP contribution in [0, 0.1) is 11.6 Å². The number of carboxylic acids is 1. The summed E-state index contributed by atoms with van der Waals surface area (Å²) in [4.78, 5) is 10.5. The van der Waals surface area contributed by atoms with E-state index in [1.165, 1.54) is 0 Å². The highest BCUT2D eigenvalue weighted by atomic mass is 32.1. The quantitative estimate of drug-likeness (QED) is 0.694. The first-order valence-electron chi connectivity index (χ1n) is 5.08. The zero-order chi connectivity index (χ0) is 13.7. The van der Waals surface area contributed by atoms with Gasteiger partial charge in [-0.3, -0.25) is 4.79 Å². The van der Waals surface area contributed by atoms with Crippen LogP contribution in [-0.4, -0.2) is 28.7 Å². The highest BCUT2D eigenvalue weighted by molar-refractivity contribution is 7.80. The van der Waals surface area contributed by atoms with Gasteiger partial charge in [0.05, 0.1) is 11.0 Å². The third-order valence-electron chi connectivity index (χ3n) is 2.13. The zero-order valence-corrected chi connectivity index (χ0v) is 10.1. The Hall–Kier alpha value is -1.60. The number of hydrogen-bond acceptors (Lipinski definition) is 3. The van der Waals surface area contributed by atoms with Gasteiger partial charge < -0.3 is 16.2 Å². The fraction of sp³-hybridized carbons (Fsp3) is 0.273. The number of benzene rings is 1. The van der Waals surface area contributed by atoms with Gasteiger partial charge in [-0.1, -0.05) is 12.2 Å². The van der Waals surface area contributed by atoms with Crippen molar-refractivity contribution in [2.75, 3.05) is 6.54 Å². The van der Waals surface area contributed by atoms with Crippen LogP contribution < -0.4 is 11.1 Å². The van der Waals surface area contributed by atoms with Crippen LogP contribution in [0.1, 0.15) is 5.56 Å². The molecule has 0 radical (unpaired) electrons. The molecule has 1 aromatic carbocycles. The van der Waals surface area contributed by atoms with E-state index in [-0.39, 0.29) is 18.0 Å². The third kappa shape index (κ3) is 4.72. The maximum atomic E-state index is 12.9. The Morgan fingerprint density at radius 3 is 2.44 bits per heavy atom. The molecule has 0 heterocycles. The van der Waals surface area contributed by atoms with Crippen molar-refractivity contribution in [1.29, 1.82) is 0 Å². The van der Waals surface area contributed by atoms with Crippen LogP contribution >= 0.6 is 12.2 Å². The number of nitrogens with one attached hydrogen (secondary N) is 1. The lowest BCUT2D eigenvalue weighted by Gasteiger charge is -2.14. The van der Waals surface area contributed by atoms with Gasteiger partial charge in [-0.15, -0.1) is 0 Å². The van der Waals surface area contributed by atoms with Gasteiger partial charge in [0.25, 0.3) is 0 Å². The summed E-state index contributed by atoms with van der Waals surface area (Å²) in [6.45, 7) is -0.343. The standard InChI is InChI=1S/C11H12F2N2O2S/c12-7-1-6(2-8(13)4-7)3-9(14)11(18)15-5-10(16)17/h1-2,4,9H,3,5,14H2,(H,15,18)(H,16,17)/t9-/m0/s1/i12+0,13+0. The van der Waals surface area contributed by atoms with Crippen LogP contribution in [0.4, 0.5) is 8.78 Å². The topological polar surface area (TPSA) is 75.3 Å². The van der Waals surface area contributed by atoms with E-state index in [0.717, 1.165) is 18.2 Å². The summed E-state index contributed by atoms with van der Waals surface area (Å²) in [7, 11) is 0. The molecule has 1 aromatic rings. The van der Waals surface area contributed by atoms with Crippen LogP contribution in [0.2, 0.25) is 0 Å². The second-order valence-electron chi connectivity index (χ2n) is 3.70. The molecule has 1 rings (SSSR count). The molecule has 4 nitrogen and oxygen atoms in total. The number of aliphatic carboxylic acids is 1. The normalized spacial score (nSPS) is 11.9. The Morgan fingerprint density at radius 1 is 1.39 bits per heavy atom. The van der Waals surface area contributed by atoms with Crippen LogP contribution in [0.3, 0.4) is 0 Å². The number of halogens is 2. The maximum absolute atomic E-state index is 12.9. The summed E-state index contributed by atoms with van der Waals surface area (Å²) in [6, 6.07) is 2.38. The van der Waals surface area contributed by atoms with Crippen molar-refractivity contribution in [3.8, 4) is 0 Å². The maximum Gasteiger partial charge on any atom is 0.322 e. The minimum atomic E-state index is -1.07. The predicted octanol–water partition coefficient (Wildman–Crippen LogP) is 0.836. The molecule has 0 aliphatic rings. The molecule has 0 aliphatic carbocycles. The summed E-state index contributed by atoms with van der Waals surface area (Å²) in [5.74, 6) is -2.45. The molecule has 98 valence electrons. The van der Waals surface area contributed by atoms with Crippen LogP contribution in [0.5, 0.6) is 0 Å². The van der Waals surface area contributed by atoms with Gasteiger partial charge in [0, 0.05) is 6.07 Å². The highest BCUT2D eigenvalue weighted by Gasteiger charge is 2.12. The van der Waals surface area contributed by atoms with E-state index in [1.807, 2.05) is 0 Å². The van der Waals surface area contributed by atoms with Crippen molar-refractivity contribution >= 4 is 23.2 Å². The molecule has 0 bridgehead atoms. The Kier molecular flexibility index (Phi) is 5.11. The lowest BCUT2D eigenvalue weighted by molar-refractivity contribution is -0.135. The number of thiocarbonyl (C=S) groups is 1. The Bertz CT molecular complexity index is 448. The first kappa shape index (κ1) is 14.5. The number of nitrogens with two attached hydrogens (primary N) is 1. The van der Waals surface area contributed by atoms with Gasteiger partial charge in [-0.05, 0) is 24.1 Å². The van der Waals surface area contributed by atoms with Gasteiger partial charge >= 0.3 is 5.97 Å². The summed E-state index contributed by atoms with van der Waals surface area (Å²) < 4.78 is 25.9. The second-order valence-corrected chi connectivity index (χ2v) is 4.14. The molecule has 0 amide bonds. The summed E-state index contributed by atoms with van der Waals surface area (Å²) in [6.07, 6.45) is 0.125. The molecule has 0 saturated carbocycles. The summed E-state index contributed by atoms with van der Waals surface area (Å²) >= 11 is 4.87. The van der Waals surface area contributed by atoms with E-state index in [9.17, 15) is 13.6 Å². The first-order chi connectivity index (χ1) is 8.38. The van der Waals surface area contributed by atoms with Crippen molar-refractivity contribution in [3.63, 3.8) is 0 Å². The van der Waals surface area contributed by atoms with Crippen LogP contribution in [0.25, 0.3) is 0 Å². The molecular weight excluding hydrogens is 262 g/mol. The molecular formula is C11H12F2N2O2S. The van der Waals surface area contributed by atoms with Crippen LogP contribution in [0.15, 0.2) is 18.2 Å². The van der Waals surface area contributed by atoms with E-state index < -0.39 is 23.6 Å². The smallest absolute Gasteiger partial charge is 0.322 e. The Morgan fingerprint density at radius 2 is 1.94 bits per heavy atom. The lowest BCUT2D eigenvalue weighted by atomic mass is 10.1. The van der Waals surface area contributed by atoms with E-state index >= 15 is 0 Å². The van der Waals surface area contributed by atoms with Gasteiger partial charge in [-0.2, -0.15) is 0 Å². The summed E-state index contributed by atoms with van der Waals surface area (Å²) in [5.41, 5.74) is 6.05. The van der Waals surface area contributed by atoms with Crippen molar-refractivity contribution in [2.45, 2.75) is 12.5 Å². The van der Waals surface area contributed by atoms with Crippen molar-refractivity contribution in [3.05, 3.63) is 35.4 Å².